The van der Waals surface area contributed by atoms with Crippen LogP contribution < -0.4 is 16.0 Å². The molecule has 4 aliphatic carbocycles. The average molecular weight is 812 g/mol. The van der Waals surface area contributed by atoms with Gasteiger partial charge in [0.2, 0.25) is 5.91 Å². The van der Waals surface area contributed by atoms with Crippen molar-refractivity contribution in [3.05, 3.63) is 21.7 Å². The first kappa shape index (κ1) is 43.1. The number of ether oxygens (including phenoxy) is 2. The van der Waals surface area contributed by atoms with Gasteiger partial charge in [0, 0.05) is 23.5 Å². The van der Waals surface area contributed by atoms with Gasteiger partial charge < -0.3 is 35.6 Å². The third kappa shape index (κ3) is 8.79. The standard InChI is InChI=1S/C41H61N7O8S/c1-6-7-16-55-17-18-56-39(54)45-31(21-43-47-42)44-36(52)35-24(3)22-57-38-34(37(53)48(35)38)46-32(51)11-8-23(2)27-9-10-28-33-29(13-15-41(27,28)5)40(4)14-12-26(49)19-25(40)20-30(33)50/h1,23,25-31,33-34,38,49-50H,7-22H2,2-5H3,(H,44,52)(H,45,54)(H,46,51). The van der Waals surface area contributed by atoms with Gasteiger partial charge in [-0.15, -0.1) is 24.1 Å². The monoisotopic (exact) mass is 811 g/mol. The zero-order valence-corrected chi connectivity index (χ0v) is 34.6. The van der Waals surface area contributed by atoms with Gasteiger partial charge in [0.15, 0.2) is 0 Å². The molecule has 5 fully saturated rings. The van der Waals surface area contributed by atoms with Gasteiger partial charge in [-0.3, -0.25) is 19.3 Å². The topological polar surface area (TPSA) is 215 Å². The fraction of sp³-hybridized carbons (Fsp3) is 0.805. The molecule has 0 aromatic rings. The van der Waals surface area contributed by atoms with Crippen molar-refractivity contribution in [1.29, 1.82) is 0 Å². The van der Waals surface area contributed by atoms with Crippen molar-refractivity contribution in [2.75, 3.05) is 32.1 Å². The Morgan fingerprint density at radius 3 is 2.60 bits per heavy atom. The minimum atomic E-state index is -1.12. The van der Waals surface area contributed by atoms with Crippen molar-refractivity contribution in [1.82, 2.24) is 20.9 Å². The van der Waals surface area contributed by atoms with Crippen molar-refractivity contribution in [3.63, 3.8) is 0 Å². The molecule has 0 radical (unpaired) electrons. The predicted molar refractivity (Wildman–Crippen MR) is 213 cm³/mol. The van der Waals surface area contributed by atoms with Gasteiger partial charge in [-0.2, -0.15) is 0 Å². The molecule has 6 aliphatic rings. The van der Waals surface area contributed by atoms with Gasteiger partial charge in [-0.25, -0.2) is 4.79 Å². The zero-order valence-electron chi connectivity index (χ0n) is 33.8. The number of nitrogens with zero attached hydrogens (tertiary/aromatic N) is 4. The van der Waals surface area contributed by atoms with E-state index in [4.69, 9.17) is 21.4 Å². The first-order valence-electron chi connectivity index (χ1n) is 20.8. The quantitative estimate of drug-likeness (QED) is 0.0297. The number of aliphatic hydroxyl groups excluding tert-OH is 2. The van der Waals surface area contributed by atoms with Gasteiger partial charge >= 0.3 is 6.09 Å². The van der Waals surface area contributed by atoms with E-state index < -0.39 is 29.6 Å². The van der Waals surface area contributed by atoms with Crippen molar-refractivity contribution in [2.45, 2.75) is 128 Å². The summed E-state index contributed by atoms with van der Waals surface area (Å²) in [6.45, 7) is 8.95. The second kappa shape index (κ2) is 18.2. The fourth-order valence-electron chi connectivity index (χ4n) is 11.9. The molecule has 0 bridgehead atoms. The van der Waals surface area contributed by atoms with Crippen LogP contribution in [0.3, 0.4) is 0 Å². The molecular weight excluding hydrogens is 751 g/mol. The molecule has 2 aliphatic heterocycles. The Morgan fingerprint density at radius 1 is 1.09 bits per heavy atom. The summed E-state index contributed by atoms with van der Waals surface area (Å²) in [5.74, 6) is 4.03. The first-order chi connectivity index (χ1) is 27.2. The summed E-state index contributed by atoms with van der Waals surface area (Å²) in [5, 5.41) is 33.1. The molecule has 0 aromatic carbocycles. The third-order valence-corrected chi connectivity index (χ3v) is 16.1. The lowest BCUT2D eigenvalue weighted by atomic mass is 9.43. The molecule has 314 valence electrons. The summed E-state index contributed by atoms with van der Waals surface area (Å²) in [6.07, 6.45) is 12.0. The number of carbonyl (C=O) groups excluding carboxylic acids is 4. The zero-order chi connectivity index (χ0) is 41.1. The molecule has 15 nitrogen and oxygen atoms in total. The molecule has 4 amide bonds. The maximum absolute atomic E-state index is 13.6. The largest absolute Gasteiger partial charge is 0.447 e. The molecule has 2 heterocycles. The van der Waals surface area contributed by atoms with E-state index in [0.717, 1.165) is 51.4 Å². The van der Waals surface area contributed by atoms with Gasteiger partial charge in [0.05, 0.1) is 32.0 Å². The number of rotatable bonds is 15. The van der Waals surface area contributed by atoms with Gasteiger partial charge in [-0.05, 0) is 122 Å². The number of hydrogen-bond acceptors (Lipinski definition) is 10. The minimum absolute atomic E-state index is 0.0598. The highest BCUT2D eigenvalue weighted by Gasteiger charge is 2.63. The number of azide groups is 1. The molecule has 6 rings (SSSR count). The SMILES string of the molecule is C#CCCOCCOC(=O)NC(CN=[N+]=[N-])NC(=O)C1=C(C)CSC2C(NC(=O)CCC(C)C3CCC4C5C(O)CC6CC(O)CCC6(C)C5CCC34C)C(=O)N12. The Balaban J connectivity index is 0.996. The molecule has 13 atom stereocenters. The Morgan fingerprint density at radius 2 is 1.84 bits per heavy atom. The Hall–Kier alpha value is -3.48. The summed E-state index contributed by atoms with van der Waals surface area (Å²) < 4.78 is 10.3. The molecule has 1 saturated heterocycles. The second-order valence-corrected chi connectivity index (χ2v) is 18.9. The third-order valence-electron chi connectivity index (χ3n) is 14.7. The number of hydrogen-bond donors (Lipinski definition) is 5. The van der Waals surface area contributed by atoms with E-state index >= 15 is 0 Å². The van der Waals surface area contributed by atoms with Crippen LogP contribution >= 0.6 is 11.8 Å². The lowest BCUT2D eigenvalue weighted by Crippen LogP contribution is -2.71. The van der Waals surface area contributed by atoms with Crippen molar-refractivity contribution < 1.29 is 38.9 Å². The predicted octanol–water partition coefficient (Wildman–Crippen LogP) is 4.59. The van der Waals surface area contributed by atoms with Gasteiger partial charge in [0.25, 0.3) is 11.8 Å². The van der Waals surface area contributed by atoms with Crippen LogP contribution in [0.5, 0.6) is 0 Å². The van der Waals surface area contributed by atoms with Crippen LogP contribution in [0, 0.1) is 58.7 Å². The highest BCUT2D eigenvalue weighted by molar-refractivity contribution is 8.00. The van der Waals surface area contributed by atoms with Gasteiger partial charge in [-0.1, -0.05) is 25.9 Å². The Labute approximate surface area is 340 Å². The highest BCUT2D eigenvalue weighted by atomic mass is 32.2. The normalized spacial score (nSPS) is 36.4. The van der Waals surface area contributed by atoms with Crippen LogP contribution in [0.25, 0.3) is 10.4 Å². The summed E-state index contributed by atoms with van der Waals surface area (Å²) >= 11 is 1.47. The molecule has 16 heteroatoms. The van der Waals surface area contributed by atoms with E-state index in [1.54, 1.807) is 6.92 Å². The Kier molecular flexibility index (Phi) is 13.8. The maximum atomic E-state index is 13.6. The summed E-state index contributed by atoms with van der Waals surface area (Å²) in [5.41, 5.74) is 9.94. The number of nitrogens with one attached hydrogen (secondary N) is 3. The number of carbonyl (C=O) groups is 4. The molecule has 13 unspecified atom stereocenters. The van der Waals surface area contributed by atoms with E-state index in [1.165, 1.54) is 16.7 Å². The van der Waals surface area contributed by atoms with Crippen molar-refractivity contribution >= 4 is 35.6 Å². The number of amides is 4. The van der Waals surface area contributed by atoms with E-state index in [1.807, 2.05) is 0 Å². The Bertz CT molecular complexity index is 1670. The van der Waals surface area contributed by atoms with Crippen molar-refractivity contribution in [2.24, 2.45) is 51.5 Å². The van der Waals surface area contributed by atoms with Gasteiger partial charge in [0.1, 0.15) is 29.9 Å². The highest BCUT2D eigenvalue weighted by Crippen LogP contribution is 2.68. The lowest BCUT2D eigenvalue weighted by Gasteiger charge is -2.62. The van der Waals surface area contributed by atoms with Crippen LogP contribution in [0.1, 0.15) is 98.3 Å². The lowest BCUT2D eigenvalue weighted by molar-refractivity contribution is -0.174. The number of thioether (sulfide) groups is 1. The number of aliphatic hydroxyl groups is 2. The molecule has 57 heavy (non-hydrogen) atoms. The molecule has 5 N–H and O–H groups in total. The van der Waals surface area contributed by atoms with E-state index in [-0.39, 0.29) is 66.2 Å². The van der Waals surface area contributed by atoms with Crippen LogP contribution in [0.15, 0.2) is 16.4 Å². The first-order valence-corrected chi connectivity index (χ1v) is 21.8. The number of terminal acetylenes is 1. The number of alkyl carbamates (subject to hydrolysis) is 1. The molecule has 0 spiro atoms. The molecule has 4 saturated carbocycles. The van der Waals surface area contributed by atoms with Crippen LogP contribution in [0.2, 0.25) is 0 Å². The average Bonchev–Trinajstić information content (AvgIpc) is 3.54. The van der Waals surface area contributed by atoms with Crippen molar-refractivity contribution in [3.8, 4) is 12.3 Å². The minimum Gasteiger partial charge on any atom is -0.447 e. The van der Waals surface area contributed by atoms with E-state index in [0.29, 0.717) is 66.8 Å². The maximum Gasteiger partial charge on any atom is 0.408 e. The molecular formula is C41H61N7O8S. The van der Waals surface area contributed by atoms with Crippen LogP contribution in [0.4, 0.5) is 4.79 Å². The van der Waals surface area contributed by atoms with Crippen LogP contribution in [-0.4, -0.2) is 101 Å². The summed E-state index contributed by atoms with van der Waals surface area (Å²) in [4.78, 5) is 57.0. The summed E-state index contributed by atoms with van der Waals surface area (Å²) in [7, 11) is 0. The number of fused-ring (bicyclic) bond motifs is 6. The van der Waals surface area contributed by atoms with E-state index in [2.05, 4.69) is 52.7 Å². The smallest absolute Gasteiger partial charge is 0.408 e. The number of β-lactam (4-membered cyclic amide) rings is 1. The van der Waals surface area contributed by atoms with Crippen LogP contribution in [-0.2, 0) is 23.9 Å². The fourth-order valence-corrected chi connectivity index (χ4v) is 13.1. The summed E-state index contributed by atoms with van der Waals surface area (Å²) in [6, 6.07) is -0.772. The second-order valence-electron chi connectivity index (χ2n) is 17.8. The van der Waals surface area contributed by atoms with E-state index in [9.17, 15) is 29.4 Å². The molecule has 0 aromatic heterocycles.